The highest BCUT2D eigenvalue weighted by molar-refractivity contribution is 5.85. The number of nitrogens with one attached hydrogen (secondary N) is 1. The van der Waals surface area contributed by atoms with Crippen LogP contribution in [-0.2, 0) is 16.6 Å². The fourth-order valence-electron chi connectivity index (χ4n) is 2.03. The van der Waals surface area contributed by atoms with Gasteiger partial charge in [0.1, 0.15) is 5.72 Å². The van der Waals surface area contributed by atoms with Gasteiger partial charge in [0.25, 0.3) is 0 Å². The van der Waals surface area contributed by atoms with Crippen LogP contribution in [0.25, 0.3) is 0 Å². The minimum absolute atomic E-state index is 0. The van der Waals surface area contributed by atoms with Gasteiger partial charge in [0.05, 0.1) is 12.2 Å². The summed E-state index contributed by atoms with van der Waals surface area (Å²) in [6.07, 6.45) is -4.33. The molecule has 2 rings (SSSR count). The SMILES string of the molecule is CC1(C)CNC(C)(c2cccc(C(F)(F)F)c2)OC1.Cl. The normalized spacial score (nSPS) is 25.9. The minimum Gasteiger partial charge on any atom is -0.356 e. The zero-order valence-corrected chi connectivity index (χ0v) is 12.5. The van der Waals surface area contributed by atoms with Gasteiger partial charge in [0.15, 0.2) is 0 Å². The van der Waals surface area contributed by atoms with Gasteiger partial charge in [-0.2, -0.15) is 13.2 Å². The second kappa shape index (κ2) is 5.54. The van der Waals surface area contributed by atoms with E-state index in [1.54, 1.807) is 13.0 Å². The number of halogens is 4. The molecule has 1 unspecified atom stereocenters. The average molecular weight is 310 g/mol. The molecule has 1 aliphatic rings. The summed E-state index contributed by atoms with van der Waals surface area (Å²) in [5.41, 5.74) is -1.03. The van der Waals surface area contributed by atoms with Gasteiger partial charge in [0, 0.05) is 12.0 Å². The highest BCUT2D eigenvalue weighted by Crippen LogP contribution is 2.35. The standard InChI is InChI=1S/C14H18F3NO.ClH/c1-12(2)8-18-13(3,19-9-12)10-5-4-6-11(7-10)14(15,16)17;/h4-7,18H,8-9H2,1-3H3;1H. The Morgan fingerprint density at radius 3 is 2.35 bits per heavy atom. The maximum atomic E-state index is 12.7. The van der Waals surface area contributed by atoms with Crippen LogP contribution in [0.15, 0.2) is 24.3 Å². The van der Waals surface area contributed by atoms with Crippen LogP contribution in [0, 0.1) is 5.41 Å². The summed E-state index contributed by atoms with van der Waals surface area (Å²) in [5.74, 6) is 0. The van der Waals surface area contributed by atoms with Crippen LogP contribution in [0.4, 0.5) is 13.2 Å². The summed E-state index contributed by atoms with van der Waals surface area (Å²) in [5, 5.41) is 3.19. The molecule has 2 nitrogen and oxygen atoms in total. The van der Waals surface area contributed by atoms with Gasteiger partial charge in [-0.15, -0.1) is 12.4 Å². The van der Waals surface area contributed by atoms with E-state index in [9.17, 15) is 13.2 Å². The van der Waals surface area contributed by atoms with E-state index in [2.05, 4.69) is 5.32 Å². The predicted octanol–water partition coefficient (Wildman–Crippen LogP) is 3.95. The first-order chi connectivity index (χ1) is 8.62. The lowest BCUT2D eigenvalue weighted by Gasteiger charge is -2.43. The summed E-state index contributed by atoms with van der Waals surface area (Å²) in [6.45, 7) is 7.06. The predicted molar refractivity (Wildman–Crippen MR) is 73.8 cm³/mol. The first kappa shape index (κ1) is 17.3. The lowest BCUT2D eigenvalue weighted by atomic mass is 9.90. The Morgan fingerprint density at radius 1 is 1.20 bits per heavy atom. The number of ether oxygens (including phenoxy) is 1. The number of alkyl halides is 3. The highest BCUT2D eigenvalue weighted by Gasteiger charge is 2.38. The first-order valence-electron chi connectivity index (χ1n) is 6.19. The van der Waals surface area contributed by atoms with Crippen molar-refractivity contribution in [1.82, 2.24) is 5.32 Å². The molecule has 0 spiro atoms. The van der Waals surface area contributed by atoms with Crippen molar-refractivity contribution in [2.24, 2.45) is 5.41 Å². The molecule has 1 N–H and O–H groups in total. The number of hydrogen-bond donors (Lipinski definition) is 1. The average Bonchev–Trinajstić information content (AvgIpc) is 2.33. The summed E-state index contributed by atoms with van der Waals surface area (Å²) in [4.78, 5) is 0. The lowest BCUT2D eigenvalue weighted by molar-refractivity contribution is -0.140. The molecule has 114 valence electrons. The van der Waals surface area contributed by atoms with E-state index in [1.807, 2.05) is 13.8 Å². The smallest absolute Gasteiger partial charge is 0.356 e. The quantitative estimate of drug-likeness (QED) is 0.848. The van der Waals surface area contributed by atoms with Gasteiger partial charge in [-0.25, -0.2) is 0 Å². The van der Waals surface area contributed by atoms with Crippen molar-refractivity contribution in [1.29, 1.82) is 0 Å². The van der Waals surface area contributed by atoms with Crippen LogP contribution < -0.4 is 5.32 Å². The van der Waals surface area contributed by atoms with E-state index in [1.165, 1.54) is 6.07 Å². The van der Waals surface area contributed by atoms with Crippen LogP contribution in [0.5, 0.6) is 0 Å². The highest BCUT2D eigenvalue weighted by atomic mass is 35.5. The van der Waals surface area contributed by atoms with E-state index >= 15 is 0 Å². The van der Waals surface area contributed by atoms with Gasteiger partial charge in [-0.05, 0) is 24.6 Å². The van der Waals surface area contributed by atoms with E-state index in [-0.39, 0.29) is 17.8 Å². The van der Waals surface area contributed by atoms with E-state index in [0.717, 1.165) is 12.1 Å². The van der Waals surface area contributed by atoms with Crippen molar-refractivity contribution in [3.8, 4) is 0 Å². The molecule has 6 heteroatoms. The van der Waals surface area contributed by atoms with Crippen molar-refractivity contribution in [2.45, 2.75) is 32.7 Å². The molecule has 0 aromatic heterocycles. The maximum absolute atomic E-state index is 12.7. The molecule has 0 radical (unpaired) electrons. The largest absolute Gasteiger partial charge is 0.416 e. The van der Waals surface area contributed by atoms with E-state index in [0.29, 0.717) is 18.7 Å². The fraction of sp³-hybridized carbons (Fsp3) is 0.571. The molecule has 1 aliphatic heterocycles. The summed E-state index contributed by atoms with van der Waals surface area (Å²) < 4.78 is 43.9. The monoisotopic (exact) mass is 309 g/mol. The number of hydrogen-bond acceptors (Lipinski definition) is 2. The Balaban J connectivity index is 0.00000200. The third kappa shape index (κ3) is 3.65. The van der Waals surface area contributed by atoms with E-state index in [4.69, 9.17) is 4.74 Å². The second-order valence-electron chi connectivity index (χ2n) is 5.92. The maximum Gasteiger partial charge on any atom is 0.416 e. The Kier molecular flexibility index (Phi) is 4.79. The van der Waals surface area contributed by atoms with Crippen molar-refractivity contribution >= 4 is 12.4 Å². The molecule has 20 heavy (non-hydrogen) atoms. The molecule has 0 saturated carbocycles. The Labute approximate surface area is 123 Å². The van der Waals surface area contributed by atoms with Crippen molar-refractivity contribution < 1.29 is 17.9 Å². The van der Waals surface area contributed by atoms with Gasteiger partial charge < -0.3 is 4.74 Å². The van der Waals surface area contributed by atoms with E-state index < -0.39 is 17.5 Å². The molecule has 1 aromatic rings. The lowest BCUT2D eigenvalue weighted by Crippen LogP contribution is -2.53. The van der Waals surface area contributed by atoms with Crippen molar-refractivity contribution in [3.63, 3.8) is 0 Å². The molecule has 0 aliphatic carbocycles. The van der Waals surface area contributed by atoms with Gasteiger partial charge in [0.2, 0.25) is 0 Å². The Hall–Kier alpha value is -0.780. The van der Waals surface area contributed by atoms with Crippen molar-refractivity contribution in [3.05, 3.63) is 35.4 Å². The Bertz CT molecular complexity index is 464. The molecular formula is C14H19ClF3NO. The Morgan fingerprint density at radius 2 is 1.85 bits per heavy atom. The van der Waals surface area contributed by atoms with Crippen LogP contribution in [0.3, 0.4) is 0 Å². The molecule has 1 saturated heterocycles. The zero-order chi connectivity index (χ0) is 14.3. The fourth-order valence-corrected chi connectivity index (χ4v) is 2.03. The molecule has 0 bridgehead atoms. The summed E-state index contributed by atoms with van der Waals surface area (Å²) in [7, 11) is 0. The molecule has 1 aromatic carbocycles. The minimum atomic E-state index is -4.33. The van der Waals surface area contributed by atoms with Gasteiger partial charge >= 0.3 is 6.18 Å². The van der Waals surface area contributed by atoms with Crippen LogP contribution >= 0.6 is 12.4 Å². The molecule has 1 atom stereocenters. The first-order valence-corrected chi connectivity index (χ1v) is 6.19. The number of rotatable bonds is 1. The van der Waals surface area contributed by atoms with Gasteiger partial charge in [-0.3, -0.25) is 5.32 Å². The molecule has 1 heterocycles. The van der Waals surface area contributed by atoms with Crippen molar-refractivity contribution in [2.75, 3.05) is 13.2 Å². The van der Waals surface area contributed by atoms with Gasteiger partial charge in [-0.1, -0.05) is 26.0 Å². The third-order valence-corrected chi connectivity index (χ3v) is 3.40. The van der Waals surface area contributed by atoms with Crippen LogP contribution in [-0.4, -0.2) is 13.2 Å². The third-order valence-electron chi connectivity index (χ3n) is 3.40. The summed E-state index contributed by atoms with van der Waals surface area (Å²) >= 11 is 0. The molecule has 0 amide bonds. The zero-order valence-electron chi connectivity index (χ0n) is 11.7. The molecule has 1 fully saturated rings. The topological polar surface area (TPSA) is 21.3 Å². The van der Waals surface area contributed by atoms with Crippen LogP contribution in [0.1, 0.15) is 31.9 Å². The summed E-state index contributed by atoms with van der Waals surface area (Å²) in [6, 6.07) is 5.28. The van der Waals surface area contributed by atoms with Crippen LogP contribution in [0.2, 0.25) is 0 Å². The molecular weight excluding hydrogens is 291 g/mol. The number of benzene rings is 1. The second-order valence-corrected chi connectivity index (χ2v) is 5.92.